The first-order valence-corrected chi connectivity index (χ1v) is 18.7. The number of carbonyl (C=O) groups is 4. The second-order valence-corrected chi connectivity index (χ2v) is 16.5. The third-order valence-corrected chi connectivity index (χ3v) is 14.2. The smallest absolute Gasteiger partial charge is 0.407 e. The maximum absolute atomic E-state index is 17.8. The monoisotopic (exact) mass is 684 g/mol. The van der Waals surface area contributed by atoms with Crippen LogP contribution in [0, 0.1) is 40.4 Å². The summed E-state index contributed by atoms with van der Waals surface area (Å²) in [6.07, 6.45) is 10.8. The molecule has 0 spiro atoms. The SMILES string of the molecule is CNC(=O)C1CCC(CNC(=O)OCC(=O)[C@@]23O[C@H](C4CCCCC4)O[C@@H]2C[C@H]2[C@@H]4CCC5=CC(=O)C=C[C@]5(C)[C@@]4(F)[C@@H](O)C[C@@]23C)CC1. The average Bonchev–Trinajstić information content (AvgIpc) is 3.60. The van der Waals surface area contributed by atoms with Gasteiger partial charge in [-0.2, -0.15) is 0 Å². The summed E-state index contributed by atoms with van der Waals surface area (Å²) in [6, 6.07) is 0. The summed E-state index contributed by atoms with van der Waals surface area (Å²) in [4.78, 5) is 51.7. The predicted molar refractivity (Wildman–Crippen MR) is 177 cm³/mol. The lowest BCUT2D eigenvalue weighted by molar-refractivity contribution is -0.236. The summed E-state index contributed by atoms with van der Waals surface area (Å²) in [5, 5.41) is 17.4. The van der Waals surface area contributed by atoms with E-state index in [1.807, 2.05) is 6.92 Å². The highest BCUT2D eigenvalue weighted by atomic mass is 19.1. The summed E-state index contributed by atoms with van der Waals surface area (Å²) in [5.74, 6) is -1.11. The lowest BCUT2D eigenvalue weighted by Gasteiger charge is -2.62. The van der Waals surface area contributed by atoms with Crippen LogP contribution in [0.5, 0.6) is 0 Å². The Bertz CT molecular complexity index is 1420. The molecule has 1 heterocycles. The number of ketones is 2. The molecule has 2 amide bonds. The Morgan fingerprint density at radius 3 is 2.49 bits per heavy atom. The van der Waals surface area contributed by atoms with Gasteiger partial charge in [-0.1, -0.05) is 37.8 Å². The van der Waals surface area contributed by atoms with Crippen LogP contribution in [-0.4, -0.2) is 78.6 Å². The van der Waals surface area contributed by atoms with Crippen molar-refractivity contribution in [2.45, 2.75) is 127 Å². The van der Waals surface area contributed by atoms with Crippen molar-refractivity contribution >= 4 is 23.6 Å². The van der Waals surface area contributed by atoms with Gasteiger partial charge in [-0.25, -0.2) is 9.18 Å². The second kappa shape index (κ2) is 12.9. The van der Waals surface area contributed by atoms with E-state index >= 15 is 4.39 Å². The first-order chi connectivity index (χ1) is 23.4. The Morgan fingerprint density at radius 1 is 1.04 bits per heavy atom. The van der Waals surface area contributed by atoms with E-state index in [2.05, 4.69) is 10.6 Å². The molecule has 10 nitrogen and oxygen atoms in total. The van der Waals surface area contributed by atoms with E-state index in [1.54, 1.807) is 20.0 Å². The molecule has 1 saturated heterocycles. The van der Waals surface area contributed by atoms with Gasteiger partial charge in [0.05, 0.1) is 12.2 Å². The summed E-state index contributed by atoms with van der Waals surface area (Å²) < 4.78 is 36.9. The Morgan fingerprint density at radius 2 is 1.78 bits per heavy atom. The van der Waals surface area contributed by atoms with Crippen molar-refractivity contribution in [3.05, 3.63) is 23.8 Å². The standard InChI is InChI=1S/C38H53FN2O8/c1-35-16-15-26(42)17-25(35)13-14-27-28-18-31-38(36(28,2)19-29(43)37(27,35)39,49-33(48-31)24-7-5-4-6-8-24)30(44)21-47-34(46)41-20-22-9-11-23(12-10-22)32(45)40-3/h15-17,22-24,27-29,31,33,43H,4-14,18-21H2,1-3H3,(H,40,45)(H,41,46)/t22?,23?,27-,28-,29-,31+,33+,35-,36-,37-,38+/m0/s1. The maximum atomic E-state index is 17.8. The second-order valence-electron chi connectivity index (χ2n) is 16.5. The number of amides is 2. The van der Waals surface area contributed by atoms with Crippen LogP contribution in [-0.2, 0) is 28.6 Å². The van der Waals surface area contributed by atoms with Gasteiger partial charge in [0, 0.05) is 42.2 Å². The predicted octanol–water partition coefficient (Wildman–Crippen LogP) is 4.88. The zero-order valence-electron chi connectivity index (χ0n) is 29.1. The zero-order valence-corrected chi connectivity index (χ0v) is 29.1. The van der Waals surface area contributed by atoms with Gasteiger partial charge in [-0.15, -0.1) is 0 Å². The molecule has 6 fully saturated rings. The topological polar surface area (TPSA) is 140 Å². The molecule has 3 N–H and O–H groups in total. The number of aliphatic hydroxyl groups excluding tert-OH is 1. The van der Waals surface area contributed by atoms with E-state index in [0.717, 1.165) is 57.8 Å². The zero-order chi connectivity index (χ0) is 34.8. The molecule has 6 aliphatic carbocycles. The fourth-order valence-corrected chi connectivity index (χ4v) is 11.4. The van der Waals surface area contributed by atoms with Crippen molar-refractivity contribution in [2.24, 2.45) is 40.4 Å². The van der Waals surface area contributed by atoms with E-state index in [1.165, 1.54) is 12.2 Å². The van der Waals surface area contributed by atoms with Crippen molar-refractivity contribution in [3.63, 3.8) is 0 Å². The molecule has 0 unspecified atom stereocenters. The van der Waals surface area contributed by atoms with Gasteiger partial charge in [0.25, 0.3) is 0 Å². The van der Waals surface area contributed by atoms with Crippen molar-refractivity contribution in [2.75, 3.05) is 20.2 Å². The minimum Gasteiger partial charge on any atom is -0.441 e. The maximum Gasteiger partial charge on any atom is 0.407 e. The Hall–Kier alpha value is -2.63. The molecular weight excluding hydrogens is 631 g/mol. The van der Waals surface area contributed by atoms with E-state index in [0.29, 0.717) is 31.4 Å². The molecule has 7 aliphatic rings. The van der Waals surface area contributed by atoms with Crippen LogP contribution in [0.1, 0.15) is 97.3 Å². The van der Waals surface area contributed by atoms with Crippen LogP contribution < -0.4 is 10.6 Å². The normalized spacial score (nSPS) is 44.6. The molecule has 11 heteroatoms. The van der Waals surface area contributed by atoms with Crippen molar-refractivity contribution in [1.29, 1.82) is 0 Å². The van der Waals surface area contributed by atoms with Crippen LogP contribution in [0.4, 0.5) is 9.18 Å². The fourth-order valence-electron chi connectivity index (χ4n) is 11.4. The van der Waals surface area contributed by atoms with Crippen LogP contribution in [0.15, 0.2) is 23.8 Å². The van der Waals surface area contributed by atoms with E-state index in [4.69, 9.17) is 14.2 Å². The number of nitrogens with one attached hydrogen (secondary N) is 2. The number of fused-ring (bicyclic) bond motifs is 7. The van der Waals surface area contributed by atoms with Gasteiger partial charge in [-0.3, -0.25) is 14.4 Å². The quantitative estimate of drug-likeness (QED) is 0.345. The Labute approximate surface area is 288 Å². The lowest BCUT2D eigenvalue weighted by Crippen LogP contribution is -2.70. The minimum absolute atomic E-state index is 0.000119. The number of alkyl halides is 1. The molecule has 5 saturated carbocycles. The van der Waals surface area contributed by atoms with Gasteiger partial charge in [0.15, 0.2) is 29.9 Å². The summed E-state index contributed by atoms with van der Waals surface area (Å²) in [5.41, 5.74) is -4.97. The number of carbonyl (C=O) groups excluding carboxylic acids is 4. The van der Waals surface area contributed by atoms with Gasteiger partial charge in [0.2, 0.25) is 11.7 Å². The van der Waals surface area contributed by atoms with Gasteiger partial charge < -0.3 is 30.0 Å². The number of allylic oxidation sites excluding steroid dienone is 4. The highest BCUT2D eigenvalue weighted by molar-refractivity contribution is 6.01. The largest absolute Gasteiger partial charge is 0.441 e. The summed E-state index contributed by atoms with van der Waals surface area (Å²) in [6.45, 7) is 3.59. The van der Waals surface area contributed by atoms with E-state index in [9.17, 15) is 24.3 Å². The first kappa shape index (κ1) is 34.8. The minimum atomic E-state index is -2.04. The number of ether oxygens (including phenoxy) is 3. The molecule has 0 aromatic heterocycles. The van der Waals surface area contributed by atoms with Gasteiger partial charge in [-0.05, 0) is 95.1 Å². The van der Waals surface area contributed by atoms with Gasteiger partial charge in [0.1, 0.15) is 0 Å². The third-order valence-electron chi connectivity index (χ3n) is 14.2. The van der Waals surface area contributed by atoms with Crippen molar-refractivity contribution in [3.8, 4) is 0 Å². The summed E-state index contributed by atoms with van der Waals surface area (Å²) in [7, 11) is 1.64. The van der Waals surface area contributed by atoms with Crippen LogP contribution >= 0.6 is 0 Å². The molecule has 1 aliphatic heterocycles. The lowest BCUT2D eigenvalue weighted by atomic mass is 9.44. The van der Waals surface area contributed by atoms with Crippen LogP contribution in [0.2, 0.25) is 0 Å². The highest BCUT2D eigenvalue weighted by Crippen LogP contribution is 2.72. The van der Waals surface area contributed by atoms with Crippen molar-refractivity contribution in [1.82, 2.24) is 10.6 Å². The summed E-state index contributed by atoms with van der Waals surface area (Å²) >= 11 is 0. The number of aliphatic hydroxyl groups is 1. The number of rotatable bonds is 7. The molecule has 0 aromatic carbocycles. The fraction of sp³-hybridized carbons (Fsp3) is 0.789. The molecule has 0 radical (unpaired) electrons. The molecule has 9 atom stereocenters. The molecule has 0 aromatic rings. The number of Topliss-reactive ketones (excluding diaryl/α,β-unsaturated/α-hetero) is 1. The molecule has 270 valence electrons. The van der Waals surface area contributed by atoms with Gasteiger partial charge >= 0.3 is 6.09 Å². The molecular formula is C38H53FN2O8. The van der Waals surface area contributed by atoms with Crippen LogP contribution in [0.25, 0.3) is 0 Å². The Kier molecular flexibility index (Phi) is 9.13. The number of hydrogen-bond donors (Lipinski definition) is 3. The number of alkyl carbamates (subject to hydrolysis) is 1. The average molecular weight is 685 g/mol. The number of hydrogen-bond acceptors (Lipinski definition) is 8. The number of halogens is 1. The molecule has 0 bridgehead atoms. The van der Waals surface area contributed by atoms with Crippen LogP contribution in [0.3, 0.4) is 0 Å². The van der Waals surface area contributed by atoms with E-state index in [-0.39, 0.29) is 41.8 Å². The Balaban J connectivity index is 1.10. The van der Waals surface area contributed by atoms with Crippen molar-refractivity contribution < 1.29 is 42.9 Å². The highest BCUT2D eigenvalue weighted by Gasteiger charge is 2.79. The molecule has 7 rings (SSSR count). The molecule has 49 heavy (non-hydrogen) atoms. The first-order valence-electron chi connectivity index (χ1n) is 18.7. The third kappa shape index (κ3) is 5.34. The van der Waals surface area contributed by atoms with E-state index < -0.39 is 65.0 Å².